The lowest BCUT2D eigenvalue weighted by Crippen LogP contribution is -2.14. The van der Waals surface area contributed by atoms with E-state index < -0.39 is 5.91 Å². The van der Waals surface area contributed by atoms with E-state index in [9.17, 15) is 15.0 Å². The normalized spacial score (nSPS) is 10.3. The second-order valence-electron chi connectivity index (χ2n) is 4.66. The Kier molecular flexibility index (Phi) is 3.52. The lowest BCUT2D eigenvalue weighted by atomic mass is 10.1. The van der Waals surface area contributed by atoms with Crippen LogP contribution in [0.1, 0.15) is 21.5 Å². The average Bonchev–Trinajstić information content (AvgIpc) is 2.33. The quantitative estimate of drug-likeness (QED) is 0.632. The number of anilines is 2. The van der Waals surface area contributed by atoms with Gasteiger partial charge in [0.2, 0.25) is 0 Å². The summed E-state index contributed by atoms with van der Waals surface area (Å²) in [6.07, 6.45) is 0. The van der Waals surface area contributed by atoms with Crippen molar-refractivity contribution in [2.24, 2.45) is 0 Å². The zero-order valence-corrected chi connectivity index (χ0v) is 11.3. The van der Waals surface area contributed by atoms with Crippen LogP contribution in [0.2, 0.25) is 0 Å². The van der Waals surface area contributed by atoms with Crippen LogP contribution in [0.5, 0.6) is 11.5 Å². The fraction of sp³-hybridized carbons (Fsp3) is 0.133. The van der Waals surface area contributed by atoms with Gasteiger partial charge in [-0.1, -0.05) is 6.07 Å². The topological polar surface area (TPSA) is 95.6 Å². The highest BCUT2D eigenvalue weighted by Gasteiger charge is 2.17. The first kappa shape index (κ1) is 13.7. The van der Waals surface area contributed by atoms with Crippen LogP contribution in [0.25, 0.3) is 0 Å². The predicted molar refractivity (Wildman–Crippen MR) is 78.1 cm³/mol. The fourth-order valence-electron chi connectivity index (χ4n) is 2.13. The number of aromatic hydroxyl groups is 2. The third-order valence-corrected chi connectivity index (χ3v) is 3.04. The Bertz CT molecular complexity index is 638. The van der Waals surface area contributed by atoms with Gasteiger partial charge in [0.15, 0.2) is 0 Å². The number of carbonyl (C=O) groups is 1. The number of phenols is 2. The van der Waals surface area contributed by atoms with Gasteiger partial charge in [-0.2, -0.15) is 0 Å². The van der Waals surface area contributed by atoms with Crippen molar-refractivity contribution < 1.29 is 15.0 Å². The summed E-state index contributed by atoms with van der Waals surface area (Å²) in [6.45, 7) is 3.65. The number of benzene rings is 2. The molecule has 2 rings (SSSR count). The molecule has 0 aliphatic heterocycles. The van der Waals surface area contributed by atoms with E-state index >= 15 is 0 Å². The van der Waals surface area contributed by atoms with E-state index in [1.807, 2.05) is 13.8 Å². The van der Waals surface area contributed by atoms with Crippen LogP contribution in [0, 0.1) is 13.8 Å². The highest BCUT2D eigenvalue weighted by atomic mass is 16.3. The van der Waals surface area contributed by atoms with E-state index in [0.717, 1.165) is 11.1 Å². The highest BCUT2D eigenvalue weighted by Crippen LogP contribution is 2.29. The molecule has 0 unspecified atom stereocenters. The average molecular weight is 272 g/mol. The summed E-state index contributed by atoms with van der Waals surface area (Å²) >= 11 is 0. The molecular weight excluding hydrogens is 256 g/mol. The van der Waals surface area contributed by atoms with Crippen LogP contribution in [-0.4, -0.2) is 16.1 Å². The third-order valence-electron chi connectivity index (χ3n) is 3.04. The number of nitrogens with one attached hydrogen (secondary N) is 1. The molecule has 104 valence electrons. The summed E-state index contributed by atoms with van der Waals surface area (Å²) in [4.78, 5) is 12.2. The fourth-order valence-corrected chi connectivity index (χ4v) is 2.13. The molecule has 0 aliphatic carbocycles. The number of nitrogen functional groups attached to an aromatic ring is 1. The molecule has 0 bridgehead atoms. The minimum absolute atomic E-state index is 0.150. The summed E-state index contributed by atoms with van der Waals surface area (Å²) in [5, 5.41) is 22.1. The first-order valence-corrected chi connectivity index (χ1v) is 6.09. The molecule has 2 aromatic carbocycles. The molecule has 0 aromatic heterocycles. The van der Waals surface area contributed by atoms with Crippen LogP contribution in [0.4, 0.5) is 11.4 Å². The molecule has 0 spiro atoms. The summed E-state index contributed by atoms with van der Waals surface area (Å²) in [5.74, 6) is -1.11. The summed E-state index contributed by atoms with van der Waals surface area (Å²) < 4.78 is 0. The Balaban J connectivity index is 2.38. The summed E-state index contributed by atoms with van der Waals surface area (Å²) in [7, 11) is 0. The van der Waals surface area contributed by atoms with E-state index in [1.165, 1.54) is 18.2 Å². The first-order chi connectivity index (χ1) is 9.40. The monoisotopic (exact) mass is 272 g/mol. The van der Waals surface area contributed by atoms with E-state index in [1.54, 1.807) is 12.1 Å². The van der Waals surface area contributed by atoms with Crippen molar-refractivity contribution in [2.75, 3.05) is 11.1 Å². The number of phenolic OH excluding ortho intramolecular Hbond substituents is 2. The van der Waals surface area contributed by atoms with Crippen molar-refractivity contribution in [3.8, 4) is 11.5 Å². The van der Waals surface area contributed by atoms with Crippen LogP contribution in [0.3, 0.4) is 0 Å². The molecule has 5 nitrogen and oxygen atoms in total. The number of rotatable bonds is 2. The second kappa shape index (κ2) is 5.13. The molecule has 5 N–H and O–H groups in total. The van der Waals surface area contributed by atoms with Crippen LogP contribution in [-0.2, 0) is 0 Å². The van der Waals surface area contributed by atoms with Gasteiger partial charge in [-0.25, -0.2) is 0 Å². The Hall–Kier alpha value is -2.69. The molecule has 5 heteroatoms. The second-order valence-corrected chi connectivity index (χ2v) is 4.66. The first-order valence-electron chi connectivity index (χ1n) is 6.09. The van der Waals surface area contributed by atoms with Gasteiger partial charge in [-0.05, 0) is 49.2 Å². The number of hydrogen-bond donors (Lipinski definition) is 4. The molecule has 0 saturated heterocycles. The highest BCUT2D eigenvalue weighted by molar-refractivity contribution is 6.08. The van der Waals surface area contributed by atoms with E-state index in [-0.39, 0.29) is 17.1 Å². The molecule has 0 fully saturated rings. The van der Waals surface area contributed by atoms with Crippen molar-refractivity contribution in [1.29, 1.82) is 0 Å². The van der Waals surface area contributed by atoms with Crippen LogP contribution < -0.4 is 11.1 Å². The summed E-state index contributed by atoms with van der Waals surface area (Å²) in [6, 6.07) is 7.64. The predicted octanol–water partition coefficient (Wildman–Crippen LogP) is 2.55. The number of amides is 1. The number of hydrogen-bond acceptors (Lipinski definition) is 4. The smallest absolute Gasteiger partial charge is 0.263 e. The standard InChI is InChI=1S/C15H16N2O3/c1-8-6-10(16)7-9(2)14(8)17-15(20)13-11(18)4-3-5-12(13)19/h3-7,18-19H,16H2,1-2H3,(H,17,20). The van der Waals surface area contributed by atoms with E-state index in [0.29, 0.717) is 11.4 Å². The van der Waals surface area contributed by atoms with Gasteiger partial charge >= 0.3 is 0 Å². The van der Waals surface area contributed by atoms with Gasteiger partial charge in [0, 0.05) is 11.4 Å². The minimum atomic E-state index is -0.573. The molecular formula is C15H16N2O3. The van der Waals surface area contributed by atoms with Crippen molar-refractivity contribution >= 4 is 17.3 Å². The molecule has 0 radical (unpaired) electrons. The number of aryl methyl sites for hydroxylation is 2. The Morgan fingerprint density at radius 1 is 1.10 bits per heavy atom. The zero-order chi connectivity index (χ0) is 14.9. The van der Waals surface area contributed by atoms with Gasteiger partial charge in [0.05, 0.1) is 0 Å². The molecule has 0 aliphatic rings. The van der Waals surface area contributed by atoms with Gasteiger partial charge < -0.3 is 21.3 Å². The Labute approximate surface area is 116 Å². The Morgan fingerprint density at radius 3 is 2.10 bits per heavy atom. The van der Waals surface area contributed by atoms with E-state index in [2.05, 4.69) is 5.32 Å². The number of nitrogens with two attached hydrogens (primary N) is 1. The molecule has 2 aromatic rings. The molecule has 1 amide bonds. The van der Waals surface area contributed by atoms with Gasteiger partial charge in [-0.3, -0.25) is 4.79 Å². The lowest BCUT2D eigenvalue weighted by molar-refractivity contribution is 0.102. The van der Waals surface area contributed by atoms with Crippen molar-refractivity contribution in [3.05, 3.63) is 47.0 Å². The van der Waals surface area contributed by atoms with Crippen LogP contribution >= 0.6 is 0 Å². The zero-order valence-electron chi connectivity index (χ0n) is 11.3. The molecule has 0 atom stereocenters. The van der Waals surface area contributed by atoms with Gasteiger partial charge in [0.1, 0.15) is 17.1 Å². The maximum atomic E-state index is 12.2. The van der Waals surface area contributed by atoms with E-state index in [4.69, 9.17) is 5.73 Å². The molecule has 20 heavy (non-hydrogen) atoms. The largest absolute Gasteiger partial charge is 0.507 e. The van der Waals surface area contributed by atoms with Crippen LogP contribution in [0.15, 0.2) is 30.3 Å². The Morgan fingerprint density at radius 2 is 1.60 bits per heavy atom. The van der Waals surface area contributed by atoms with Gasteiger partial charge in [0.25, 0.3) is 5.91 Å². The molecule has 0 heterocycles. The minimum Gasteiger partial charge on any atom is -0.507 e. The SMILES string of the molecule is Cc1cc(N)cc(C)c1NC(=O)c1c(O)cccc1O. The molecule has 0 saturated carbocycles. The lowest BCUT2D eigenvalue weighted by Gasteiger charge is -2.13. The number of carbonyl (C=O) groups excluding carboxylic acids is 1. The maximum Gasteiger partial charge on any atom is 0.263 e. The van der Waals surface area contributed by atoms with Crippen molar-refractivity contribution in [3.63, 3.8) is 0 Å². The van der Waals surface area contributed by atoms with Crippen molar-refractivity contribution in [2.45, 2.75) is 13.8 Å². The van der Waals surface area contributed by atoms with Gasteiger partial charge in [-0.15, -0.1) is 0 Å². The maximum absolute atomic E-state index is 12.2. The van der Waals surface area contributed by atoms with Crippen molar-refractivity contribution in [1.82, 2.24) is 0 Å². The third kappa shape index (κ3) is 2.51. The summed E-state index contributed by atoms with van der Waals surface area (Å²) in [5.41, 5.74) is 8.43.